The van der Waals surface area contributed by atoms with Crippen LogP contribution in [0, 0.1) is 0 Å². The van der Waals surface area contributed by atoms with E-state index in [0.29, 0.717) is 29.2 Å². The molecule has 1 heterocycles. The minimum absolute atomic E-state index is 0.00754. The van der Waals surface area contributed by atoms with E-state index < -0.39 is 44.2 Å². The van der Waals surface area contributed by atoms with Crippen molar-refractivity contribution < 1.29 is 39.5 Å². The molecule has 1 fully saturated rings. The summed E-state index contributed by atoms with van der Waals surface area (Å²) in [6.07, 6.45) is -1.22. The molecule has 1 aliphatic heterocycles. The Kier molecular flexibility index (Phi) is 9.08. The summed E-state index contributed by atoms with van der Waals surface area (Å²) < 4.78 is 96.2. The lowest BCUT2D eigenvalue weighted by atomic mass is 10.2. The monoisotopic (exact) mass is 563 g/mol. The molecule has 204 valence electrons. The molecule has 1 amide bonds. The standard InChI is InChI=1S/C23H28F3N3O6S2/c1-36(31,32)29(19-7-5-6-18(16-19)23(24,25)26)17-22(30)27-12-15-35-20-8-10-21(11-9-20)37(33,34)28-13-3-2-4-14-28/h5-11,16H,2-4,12-15,17H2,1H3,(H,27,30). The summed E-state index contributed by atoms with van der Waals surface area (Å²) in [6, 6.07) is 9.57. The maximum Gasteiger partial charge on any atom is 0.416 e. The third-order valence-corrected chi connectivity index (χ3v) is 8.67. The number of benzene rings is 2. The van der Waals surface area contributed by atoms with Crippen LogP contribution in [0.4, 0.5) is 18.9 Å². The summed E-state index contributed by atoms with van der Waals surface area (Å²) in [6.45, 7) is 0.234. The number of hydrogen-bond acceptors (Lipinski definition) is 6. The zero-order valence-corrected chi connectivity index (χ0v) is 21.7. The fraction of sp³-hybridized carbons (Fsp3) is 0.435. The molecule has 37 heavy (non-hydrogen) atoms. The Morgan fingerprint density at radius 1 is 1.03 bits per heavy atom. The predicted octanol–water partition coefficient (Wildman–Crippen LogP) is 2.84. The van der Waals surface area contributed by atoms with Crippen LogP contribution in [0.15, 0.2) is 53.4 Å². The summed E-state index contributed by atoms with van der Waals surface area (Å²) in [5.41, 5.74) is -1.33. The molecule has 1 N–H and O–H groups in total. The van der Waals surface area contributed by atoms with Crippen LogP contribution in [-0.2, 0) is 31.0 Å². The van der Waals surface area contributed by atoms with Crippen molar-refractivity contribution in [3.05, 3.63) is 54.1 Å². The summed E-state index contributed by atoms with van der Waals surface area (Å²) >= 11 is 0. The lowest BCUT2D eigenvalue weighted by Crippen LogP contribution is -2.41. The van der Waals surface area contributed by atoms with E-state index >= 15 is 0 Å². The average Bonchev–Trinajstić information content (AvgIpc) is 2.85. The number of piperidine rings is 1. The van der Waals surface area contributed by atoms with Crippen molar-refractivity contribution in [1.82, 2.24) is 9.62 Å². The van der Waals surface area contributed by atoms with Gasteiger partial charge in [0.2, 0.25) is 26.0 Å². The van der Waals surface area contributed by atoms with E-state index in [1.54, 1.807) is 0 Å². The molecule has 0 spiro atoms. The first-order chi connectivity index (χ1) is 17.3. The molecule has 9 nitrogen and oxygen atoms in total. The Labute approximate surface area is 214 Å². The summed E-state index contributed by atoms with van der Waals surface area (Å²) in [5, 5.41) is 2.45. The number of nitrogens with one attached hydrogen (secondary N) is 1. The molecule has 0 aromatic heterocycles. The Morgan fingerprint density at radius 2 is 1.68 bits per heavy atom. The van der Waals surface area contributed by atoms with Crippen LogP contribution in [0.25, 0.3) is 0 Å². The van der Waals surface area contributed by atoms with Gasteiger partial charge in [-0.2, -0.15) is 17.5 Å². The molecule has 1 aliphatic rings. The van der Waals surface area contributed by atoms with Gasteiger partial charge < -0.3 is 10.1 Å². The predicted molar refractivity (Wildman–Crippen MR) is 131 cm³/mol. The highest BCUT2D eigenvalue weighted by Gasteiger charge is 2.32. The van der Waals surface area contributed by atoms with E-state index in [4.69, 9.17) is 4.74 Å². The van der Waals surface area contributed by atoms with E-state index in [9.17, 15) is 34.8 Å². The Morgan fingerprint density at radius 3 is 2.27 bits per heavy atom. The van der Waals surface area contributed by atoms with E-state index in [0.717, 1.165) is 37.7 Å². The maximum absolute atomic E-state index is 13.0. The Hall–Kier alpha value is -2.84. The number of rotatable bonds is 10. The van der Waals surface area contributed by atoms with Gasteiger partial charge in [-0.05, 0) is 55.3 Å². The number of carbonyl (C=O) groups is 1. The van der Waals surface area contributed by atoms with Crippen molar-refractivity contribution in [1.29, 1.82) is 0 Å². The first-order valence-corrected chi connectivity index (χ1v) is 14.7. The summed E-state index contributed by atoms with van der Waals surface area (Å²) in [7, 11) is -7.62. The number of anilines is 1. The van der Waals surface area contributed by atoms with Gasteiger partial charge in [0.05, 0.1) is 28.9 Å². The third kappa shape index (κ3) is 7.82. The largest absolute Gasteiger partial charge is 0.492 e. The van der Waals surface area contributed by atoms with Crippen LogP contribution in [0.1, 0.15) is 24.8 Å². The molecule has 0 atom stereocenters. The van der Waals surface area contributed by atoms with Crippen molar-refractivity contribution in [2.75, 3.05) is 43.3 Å². The Balaban J connectivity index is 1.53. The van der Waals surface area contributed by atoms with Crippen LogP contribution >= 0.6 is 0 Å². The molecule has 14 heteroatoms. The molecule has 2 aromatic carbocycles. The molecule has 2 aromatic rings. The quantitative estimate of drug-likeness (QED) is 0.445. The Bertz CT molecular complexity index is 1290. The van der Waals surface area contributed by atoms with Gasteiger partial charge in [0.25, 0.3) is 0 Å². The van der Waals surface area contributed by atoms with Crippen LogP contribution in [-0.4, -0.2) is 66.1 Å². The van der Waals surface area contributed by atoms with Crippen LogP contribution in [0.5, 0.6) is 5.75 Å². The number of alkyl halides is 3. The first kappa shape index (κ1) is 28.7. The summed E-state index contributed by atoms with van der Waals surface area (Å²) in [5.74, 6) is -0.372. The third-order valence-electron chi connectivity index (χ3n) is 5.62. The molecule has 3 rings (SSSR count). The summed E-state index contributed by atoms with van der Waals surface area (Å²) in [4.78, 5) is 12.5. The van der Waals surface area contributed by atoms with Gasteiger partial charge in [-0.1, -0.05) is 12.5 Å². The number of carbonyl (C=O) groups excluding carboxylic acids is 1. The molecule has 0 bridgehead atoms. The van der Waals surface area contributed by atoms with Gasteiger partial charge in [0.15, 0.2) is 0 Å². The first-order valence-electron chi connectivity index (χ1n) is 11.4. The molecule has 0 saturated carbocycles. The lowest BCUT2D eigenvalue weighted by molar-refractivity contribution is -0.137. The van der Waals surface area contributed by atoms with Crippen molar-refractivity contribution in [2.24, 2.45) is 0 Å². The number of ether oxygens (including phenoxy) is 1. The zero-order valence-electron chi connectivity index (χ0n) is 20.1. The molecule has 1 saturated heterocycles. The van der Waals surface area contributed by atoms with E-state index in [-0.39, 0.29) is 23.7 Å². The molecule has 0 aliphatic carbocycles. The van der Waals surface area contributed by atoms with Crippen LogP contribution in [0.3, 0.4) is 0 Å². The minimum atomic E-state index is -4.67. The highest BCUT2D eigenvalue weighted by Crippen LogP contribution is 2.32. The van der Waals surface area contributed by atoms with Crippen molar-refractivity contribution in [3.63, 3.8) is 0 Å². The van der Waals surface area contributed by atoms with Gasteiger partial charge >= 0.3 is 6.18 Å². The topological polar surface area (TPSA) is 113 Å². The van der Waals surface area contributed by atoms with E-state index in [1.165, 1.54) is 34.6 Å². The molecule has 0 radical (unpaired) electrons. The average molecular weight is 564 g/mol. The number of sulfonamides is 2. The van der Waals surface area contributed by atoms with Gasteiger partial charge in [-0.3, -0.25) is 9.10 Å². The fourth-order valence-electron chi connectivity index (χ4n) is 3.75. The second-order valence-corrected chi connectivity index (χ2v) is 12.3. The maximum atomic E-state index is 13.0. The number of halogens is 3. The number of nitrogens with zero attached hydrogens (tertiary/aromatic N) is 2. The van der Waals surface area contributed by atoms with Gasteiger partial charge in [-0.25, -0.2) is 16.8 Å². The smallest absolute Gasteiger partial charge is 0.416 e. The van der Waals surface area contributed by atoms with Gasteiger partial charge in [-0.15, -0.1) is 0 Å². The van der Waals surface area contributed by atoms with Crippen LogP contribution in [0.2, 0.25) is 0 Å². The SMILES string of the molecule is CS(=O)(=O)N(CC(=O)NCCOc1ccc(S(=O)(=O)N2CCCCC2)cc1)c1cccc(C(F)(F)F)c1. The molecular weight excluding hydrogens is 535 g/mol. The number of amides is 1. The molecular formula is C23H28F3N3O6S2. The highest BCUT2D eigenvalue weighted by atomic mass is 32.2. The normalized spacial score (nSPS) is 15.2. The minimum Gasteiger partial charge on any atom is -0.492 e. The highest BCUT2D eigenvalue weighted by molar-refractivity contribution is 7.92. The second kappa shape index (κ2) is 11.7. The second-order valence-electron chi connectivity index (χ2n) is 8.45. The lowest BCUT2D eigenvalue weighted by Gasteiger charge is -2.25. The van der Waals surface area contributed by atoms with Gasteiger partial charge in [0.1, 0.15) is 18.9 Å². The fourth-order valence-corrected chi connectivity index (χ4v) is 6.11. The van der Waals surface area contributed by atoms with E-state index in [2.05, 4.69) is 5.32 Å². The van der Waals surface area contributed by atoms with Gasteiger partial charge in [0, 0.05) is 13.1 Å². The van der Waals surface area contributed by atoms with Crippen molar-refractivity contribution in [3.8, 4) is 5.75 Å². The zero-order chi connectivity index (χ0) is 27.3. The number of hydrogen-bond donors (Lipinski definition) is 1. The van der Waals surface area contributed by atoms with Crippen LogP contribution < -0.4 is 14.4 Å². The molecule has 0 unspecified atom stereocenters. The van der Waals surface area contributed by atoms with Crippen molar-refractivity contribution in [2.45, 2.75) is 30.3 Å². The van der Waals surface area contributed by atoms with Crippen molar-refractivity contribution >= 4 is 31.6 Å². The van der Waals surface area contributed by atoms with E-state index in [1.807, 2.05) is 0 Å².